The predicted molar refractivity (Wildman–Crippen MR) is 88.1 cm³/mol. The molecular weight excluding hydrogens is 274 g/mol. The number of hydrogen-bond acceptors (Lipinski definition) is 2. The largest absolute Gasteiger partial charge is 0.326 e. The van der Waals surface area contributed by atoms with Crippen LogP contribution in [0.5, 0.6) is 0 Å². The standard InChI is InChI=1S/C18H23N3O/c1-12-16(13(2)21(3)20-12)11-18(22)19-17-10-6-8-14-7-4-5-9-15(14)17/h6,8,10H,4-5,7,9,11H2,1-3H3,(H,19,22). The molecule has 22 heavy (non-hydrogen) atoms. The Bertz CT molecular complexity index is 715. The Morgan fingerprint density at radius 2 is 2.05 bits per heavy atom. The van der Waals surface area contributed by atoms with E-state index in [0.29, 0.717) is 6.42 Å². The minimum Gasteiger partial charge on any atom is -0.326 e. The zero-order valence-corrected chi connectivity index (χ0v) is 13.6. The van der Waals surface area contributed by atoms with Crippen molar-refractivity contribution in [3.05, 3.63) is 46.3 Å². The van der Waals surface area contributed by atoms with Crippen LogP contribution in [-0.2, 0) is 31.1 Å². The molecule has 1 amide bonds. The third kappa shape index (κ3) is 2.78. The quantitative estimate of drug-likeness (QED) is 0.946. The monoisotopic (exact) mass is 297 g/mol. The fourth-order valence-electron chi connectivity index (χ4n) is 3.33. The van der Waals surface area contributed by atoms with Gasteiger partial charge in [-0.2, -0.15) is 5.10 Å². The summed E-state index contributed by atoms with van der Waals surface area (Å²) in [5, 5.41) is 7.48. The van der Waals surface area contributed by atoms with Gasteiger partial charge in [-0.1, -0.05) is 12.1 Å². The van der Waals surface area contributed by atoms with Crippen molar-refractivity contribution in [3.8, 4) is 0 Å². The molecular formula is C18H23N3O. The van der Waals surface area contributed by atoms with E-state index in [1.165, 1.54) is 24.0 Å². The zero-order valence-electron chi connectivity index (χ0n) is 13.6. The first-order valence-corrected chi connectivity index (χ1v) is 7.96. The van der Waals surface area contributed by atoms with Gasteiger partial charge in [-0.15, -0.1) is 0 Å². The van der Waals surface area contributed by atoms with Crippen LogP contribution in [0.15, 0.2) is 18.2 Å². The van der Waals surface area contributed by atoms with Gasteiger partial charge >= 0.3 is 0 Å². The summed E-state index contributed by atoms with van der Waals surface area (Å²) in [6.45, 7) is 3.97. The van der Waals surface area contributed by atoms with Crippen molar-refractivity contribution in [1.82, 2.24) is 9.78 Å². The molecule has 3 rings (SSSR count). The van der Waals surface area contributed by atoms with Crippen LogP contribution in [0.1, 0.15) is 40.9 Å². The molecule has 1 aromatic heterocycles. The van der Waals surface area contributed by atoms with Crippen molar-refractivity contribution in [1.29, 1.82) is 0 Å². The molecule has 2 aromatic rings. The van der Waals surface area contributed by atoms with E-state index < -0.39 is 0 Å². The molecule has 1 heterocycles. The van der Waals surface area contributed by atoms with Crippen LogP contribution >= 0.6 is 0 Å². The van der Waals surface area contributed by atoms with Gasteiger partial charge in [-0.3, -0.25) is 9.48 Å². The molecule has 116 valence electrons. The van der Waals surface area contributed by atoms with Crippen molar-refractivity contribution in [2.24, 2.45) is 7.05 Å². The van der Waals surface area contributed by atoms with Crippen molar-refractivity contribution >= 4 is 11.6 Å². The fraction of sp³-hybridized carbons (Fsp3) is 0.444. The Morgan fingerprint density at radius 3 is 2.77 bits per heavy atom. The third-order valence-corrected chi connectivity index (χ3v) is 4.67. The van der Waals surface area contributed by atoms with E-state index in [0.717, 1.165) is 35.5 Å². The number of aryl methyl sites for hydroxylation is 3. The number of nitrogens with zero attached hydrogens (tertiary/aromatic N) is 2. The highest BCUT2D eigenvalue weighted by Gasteiger charge is 2.17. The van der Waals surface area contributed by atoms with Crippen LogP contribution in [0.3, 0.4) is 0 Å². The molecule has 1 aliphatic carbocycles. The number of benzene rings is 1. The topological polar surface area (TPSA) is 46.9 Å². The maximum Gasteiger partial charge on any atom is 0.228 e. The van der Waals surface area contributed by atoms with Gasteiger partial charge in [0, 0.05) is 24.0 Å². The maximum atomic E-state index is 12.4. The Balaban J connectivity index is 1.78. The van der Waals surface area contributed by atoms with Crippen LogP contribution in [0.4, 0.5) is 5.69 Å². The zero-order chi connectivity index (χ0) is 15.7. The van der Waals surface area contributed by atoms with Crippen LogP contribution < -0.4 is 5.32 Å². The molecule has 0 bridgehead atoms. The highest BCUT2D eigenvalue weighted by molar-refractivity contribution is 5.93. The number of anilines is 1. The van der Waals surface area contributed by atoms with Crippen LogP contribution in [-0.4, -0.2) is 15.7 Å². The Kier molecular flexibility index (Phi) is 4.01. The first-order chi connectivity index (χ1) is 10.6. The summed E-state index contributed by atoms with van der Waals surface area (Å²) in [6.07, 6.45) is 5.03. The number of carbonyl (C=O) groups is 1. The van der Waals surface area contributed by atoms with Crippen molar-refractivity contribution in [2.45, 2.75) is 46.0 Å². The van der Waals surface area contributed by atoms with E-state index >= 15 is 0 Å². The summed E-state index contributed by atoms with van der Waals surface area (Å²) in [7, 11) is 1.91. The van der Waals surface area contributed by atoms with E-state index in [1.54, 1.807) is 0 Å². The lowest BCUT2D eigenvalue weighted by Gasteiger charge is -2.19. The normalized spacial score (nSPS) is 13.8. The molecule has 0 spiro atoms. The maximum absolute atomic E-state index is 12.4. The van der Waals surface area contributed by atoms with E-state index in [1.807, 2.05) is 37.7 Å². The lowest BCUT2D eigenvalue weighted by molar-refractivity contribution is -0.115. The molecule has 0 aliphatic heterocycles. The number of fused-ring (bicyclic) bond motifs is 1. The highest BCUT2D eigenvalue weighted by atomic mass is 16.1. The van der Waals surface area contributed by atoms with E-state index in [4.69, 9.17) is 0 Å². The summed E-state index contributed by atoms with van der Waals surface area (Å²) in [6, 6.07) is 6.24. The molecule has 4 heteroatoms. The Morgan fingerprint density at radius 1 is 1.27 bits per heavy atom. The van der Waals surface area contributed by atoms with Gasteiger partial charge in [0.05, 0.1) is 12.1 Å². The van der Waals surface area contributed by atoms with Crippen LogP contribution in [0.2, 0.25) is 0 Å². The highest BCUT2D eigenvalue weighted by Crippen LogP contribution is 2.28. The third-order valence-electron chi connectivity index (χ3n) is 4.67. The SMILES string of the molecule is Cc1nn(C)c(C)c1CC(=O)Nc1cccc2c1CCCC2. The van der Waals surface area contributed by atoms with E-state index in [-0.39, 0.29) is 5.91 Å². The molecule has 1 N–H and O–H groups in total. The van der Waals surface area contributed by atoms with Gasteiger partial charge in [0.1, 0.15) is 0 Å². The minimum absolute atomic E-state index is 0.0400. The van der Waals surface area contributed by atoms with Gasteiger partial charge in [-0.05, 0) is 56.7 Å². The van der Waals surface area contributed by atoms with Crippen molar-refractivity contribution < 1.29 is 4.79 Å². The van der Waals surface area contributed by atoms with Gasteiger partial charge in [0.15, 0.2) is 0 Å². The molecule has 0 unspecified atom stereocenters. The van der Waals surface area contributed by atoms with Crippen LogP contribution in [0.25, 0.3) is 0 Å². The summed E-state index contributed by atoms with van der Waals surface area (Å²) in [5.41, 5.74) is 6.72. The molecule has 1 aromatic carbocycles. The number of carbonyl (C=O) groups excluding carboxylic acids is 1. The summed E-state index contributed by atoms with van der Waals surface area (Å²) >= 11 is 0. The number of aromatic nitrogens is 2. The Labute approximate surface area is 131 Å². The second-order valence-electron chi connectivity index (χ2n) is 6.15. The number of rotatable bonds is 3. The van der Waals surface area contributed by atoms with Gasteiger partial charge < -0.3 is 5.32 Å². The van der Waals surface area contributed by atoms with Crippen molar-refractivity contribution in [3.63, 3.8) is 0 Å². The fourth-order valence-corrected chi connectivity index (χ4v) is 3.33. The Hall–Kier alpha value is -2.10. The molecule has 1 aliphatic rings. The summed E-state index contributed by atoms with van der Waals surface area (Å²) in [4.78, 5) is 12.4. The smallest absolute Gasteiger partial charge is 0.228 e. The second kappa shape index (κ2) is 5.95. The summed E-state index contributed by atoms with van der Waals surface area (Å²) < 4.78 is 1.84. The lowest BCUT2D eigenvalue weighted by Crippen LogP contribution is -2.18. The minimum atomic E-state index is 0.0400. The second-order valence-corrected chi connectivity index (χ2v) is 6.15. The van der Waals surface area contributed by atoms with Crippen LogP contribution in [0, 0.1) is 13.8 Å². The number of nitrogens with one attached hydrogen (secondary N) is 1. The summed E-state index contributed by atoms with van der Waals surface area (Å²) in [5.74, 6) is 0.0400. The molecule has 0 saturated heterocycles. The average molecular weight is 297 g/mol. The number of hydrogen-bond donors (Lipinski definition) is 1. The number of amides is 1. The van der Waals surface area contributed by atoms with Gasteiger partial charge in [-0.25, -0.2) is 0 Å². The van der Waals surface area contributed by atoms with E-state index in [9.17, 15) is 4.79 Å². The average Bonchev–Trinajstić information content (AvgIpc) is 2.74. The predicted octanol–water partition coefficient (Wildman–Crippen LogP) is 3.10. The van der Waals surface area contributed by atoms with E-state index in [2.05, 4.69) is 16.5 Å². The molecule has 0 fully saturated rings. The van der Waals surface area contributed by atoms with Gasteiger partial charge in [0.2, 0.25) is 5.91 Å². The first-order valence-electron chi connectivity index (χ1n) is 7.96. The first kappa shape index (κ1) is 14.8. The molecule has 4 nitrogen and oxygen atoms in total. The lowest BCUT2D eigenvalue weighted by atomic mass is 9.90. The molecule has 0 saturated carbocycles. The molecule has 0 atom stereocenters. The van der Waals surface area contributed by atoms with Gasteiger partial charge in [0.25, 0.3) is 0 Å². The van der Waals surface area contributed by atoms with Crippen molar-refractivity contribution in [2.75, 3.05) is 5.32 Å². The molecule has 0 radical (unpaired) electrons.